The number of carbonyl (C=O) groups excluding carboxylic acids is 1. The van der Waals surface area contributed by atoms with Gasteiger partial charge in [-0.2, -0.15) is 0 Å². The van der Waals surface area contributed by atoms with E-state index in [1.807, 2.05) is 32.0 Å². The van der Waals surface area contributed by atoms with Gasteiger partial charge in [0.1, 0.15) is 12.4 Å². The molecule has 31 heavy (non-hydrogen) atoms. The smallest absolute Gasteiger partial charge is 0.315 e. The van der Waals surface area contributed by atoms with Crippen LogP contribution in [0.15, 0.2) is 42.5 Å². The molecule has 2 aromatic carbocycles. The van der Waals surface area contributed by atoms with Crippen LogP contribution >= 0.6 is 0 Å². The number of urea groups is 1. The molecule has 2 aliphatic rings. The van der Waals surface area contributed by atoms with Crippen LogP contribution in [0.4, 0.5) is 10.5 Å². The number of carbonyl (C=O) groups is 1. The fraction of sp³-hybridized carbons (Fsp3) is 0.480. The molecule has 1 aliphatic heterocycles. The normalized spacial score (nSPS) is 19.3. The van der Waals surface area contributed by atoms with Gasteiger partial charge in [-0.3, -0.25) is 0 Å². The van der Waals surface area contributed by atoms with Crippen LogP contribution in [0.1, 0.15) is 55.8 Å². The number of hydrogen-bond acceptors (Lipinski definition) is 4. The molecule has 2 aromatic rings. The van der Waals surface area contributed by atoms with E-state index in [1.54, 1.807) is 0 Å². The second kappa shape index (κ2) is 9.18. The summed E-state index contributed by atoms with van der Waals surface area (Å²) in [4.78, 5) is 11.7. The van der Waals surface area contributed by atoms with Gasteiger partial charge >= 0.3 is 6.03 Å². The number of nitrogen functional groups attached to an aromatic ring is 1. The number of nitrogens with two attached hydrogens (primary N) is 1. The van der Waals surface area contributed by atoms with Crippen LogP contribution in [0.3, 0.4) is 0 Å². The highest BCUT2D eigenvalue weighted by Gasteiger charge is 2.47. The number of fused-ring (bicyclic) bond motifs is 1. The first kappa shape index (κ1) is 21.5. The molecule has 1 unspecified atom stereocenters. The van der Waals surface area contributed by atoms with Crippen molar-refractivity contribution in [1.82, 2.24) is 16.0 Å². The Hall–Kier alpha value is -2.73. The van der Waals surface area contributed by atoms with E-state index in [4.69, 9.17) is 10.5 Å². The lowest BCUT2D eigenvalue weighted by Gasteiger charge is -2.50. The molecule has 1 heterocycles. The van der Waals surface area contributed by atoms with Crippen LogP contribution in [0.25, 0.3) is 0 Å². The maximum atomic E-state index is 11.7. The molecular weight excluding hydrogens is 388 g/mol. The van der Waals surface area contributed by atoms with Crippen molar-refractivity contribution in [1.29, 1.82) is 0 Å². The Labute approximate surface area is 184 Å². The highest BCUT2D eigenvalue weighted by Crippen LogP contribution is 2.53. The molecule has 0 aromatic heterocycles. The van der Waals surface area contributed by atoms with Crippen molar-refractivity contribution in [2.75, 3.05) is 25.4 Å². The van der Waals surface area contributed by atoms with Crippen molar-refractivity contribution in [2.24, 2.45) is 0 Å². The van der Waals surface area contributed by atoms with Gasteiger partial charge in [0.05, 0.1) is 6.54 Å². The van der Waals surface area contributed by atoms with Crippen LogP contribution in [0, 0.1) is 0 Å². The number of hydrogen-bond donors (Lipinski definition) is 4. The molecule has 5 N–H and O–H groups in total. The van der Waals surface area contributed by atoms with Crippen molar-refractivity contribution >= 4 is 11.7 Å². The van der Waals surface area contributed by atoms with E-state index in [-0.39, 0.29) is 23.5 Å². The van der Waals surface area contributed by atoms with Gasteiger partial charge in [-0.05, 0) is 80.6 Å². The second-order valence-electron chi connectivity index (χ2n) is 9.03. The lowest BCUT2D eigenvalue weighted by atomic mass is 9.58. The third-order valence-electron chi connectivity index (χ3n) is 6.53. The first-order valence-electron chi connectivity index (χ1n) is 11.4. The van der Waals surface area contributed by atoms with Gasteiger partial charge in [-0.1, -0.05) is 24.6 Å². The molecule has 2 amide bonds. The first-order chi connectivity index (χ1) is 15.0. The Morgan fingerprint density at radius 3 is 2.68 bits per heavy atom. The molecule has 1 fully saturated rings. The molecule has 6 heteroatoms. The number of anilines is 1. The van der Waals surface area contributed by atoms with Gasteiger partial charge in [0.2, 0.25) is 0 Å². The van der Waals surface area contributed by atoms with Gasteiger partial charge in [-0.15, -0.1) is 0 Å². The number of ether oxygens (including phenoxy) is 1. The number of amides is 2. The Kier molecular flexibility index (Phi) is 6.37. The summed E-state index contributed by atoms with van der Waals surface area (Å²) < 4.78 is 5.97. The fourth-order valence-corrected chi connectivity index (χ4v) is 4.88. The quantitative estimate of drug-likeness (QED) is 0.405. The fourth-order valence-electron chi connectivity index (χ4n) is 4.88. The van der Waals surface area contributed by atoms with Gasteiger partial charge in [0.25, 0.3) is 0 Å². The van der Waals surface area contributed by atoms with E-state index < -0.39 is 0 Å². The van der Waals surface area contributed by atoms with Crippen LogP contribution in [-0.2, 0) is 11.8 Å². The van der Waals surface area contributed by atoms with E-state index >= 15 is 0 Å². The van der Waals surface area contributed by atoms with E-state index in [0.717, 1.165) is 24.4 Å². The summed E-state index contributed by atoms with van der Waals surface area (Å²) in [6.07, 6.45) is 4.63. The average molecular weight is 423 g/mol. The summed E-state index contributed by atoms with van der Waals surface area (Å²) >= 11 is 0. The van der Waals surface area contributed by atoms with E-state index in [1.165, 1.54) is 36.0 Å². The molecule has 1 atom stereocenters. The largest absolute Gasteiger partial charge is 0.492 e. The minimum absolute atomic E-state index is 0.109. The van der Waals surface area contributed by atoms with Crippen molar-refractivity contribution in [2.45, 2.75) is 57.0 Å². The molecular formula is C25H34N4O2. The first-order valence-corrected chi connectivity index (χ1v) is 11.4. The summed E-state index contributed by atoms with van der Waals surface area (Å²) in [6, 6.07) is 15.1. The summed E-state index contributed by atoms with van der Waals surface area (Å²) in [6.45, 7) is 5.77. The van der Waals surface area contributed by atoms with Gasteiger partial charge in [-0.25, -0.2) is 4.79 Å². The number of benzene rings is 2. The van der Waals surface area contributed by atoms with Crippen LogP contribution in [-0.4, -0.2) is 31.8 Å². The van der Waals surface area contributed by atoms with Crippen molar-refractivity contribution < 1.29 is 9.53 Å². The molecule has 0 spiro atoms. The van der Waals surface area contributed by atoms with Crippen LogP contribution < -0.4 is 26.4 Å². The highest BCUT2D eigenvalue weighted by atomic mass is 16.5. The monoisotopic (exact) mass is 422 g/mol. The maximum absolute atomic E-state index is 11.7. The molecule has 0 radical (unpaired) electrons. The zero-order valence-corrected chi connectivity index (χ0v) is 18.5. The van der Waals surface area contributed by atoms with Gasteiger partial charge in [0.15, 0.2) is 0 Å². The second-order valence-corrected chi connectivity index (χ2v) is 9.03. The molecule has 1 aliphatic carbocycles. The Bertz CT molecular complexity index is 906. The zero-order chi connectivity index (χ0) is 21.8. The molecule has 6 nitrogen and oxygen atoms in total. The Morgan fingerprint density at radius 1 is 1.23 bits per heavy atom. The lowest BCUT2D eigenvalue weighted by molar-refractivity contribution is 0.164. The lowest BCUT2D eigenvalue weighted by Crippen LogP contribution is -2.49. The number of nitrogens with one attached hydrogen (secondary N) is 3. The minimum Gasteiger partial charge on any atom is -0.492 e. The molecule has 166 valence electrons. The Balaban J connectivity index is 1.48. The molecule has 0 saturated heterocycles. The highest BCUT2D eigenvalue weighted by molar-refractivity contribution is 5.74. The third-order valence-corrected chi connectivity index (χ3v) is 6.53. The van der Waals surface area contributed by atoms with E-state index in [2.05, 4.69) is 40.2 Å². The minimum atomic E-state index is -0.163. The van der Waals surface area contributed by atoms with Crippen molar-refractivity contribution in [3.63, 3.8) is 0 Å². The molecule has 0 bridgehead atoms. The predicted octanol–water partition coefficient (Wildman–Crippen LogP) is 3.66. The summed E-state index contributed by atoms with van der Waals surface area (Å²) in [5, 5.41) is 9.45. The average Bonchev–Trinajstić information content (AvgIpc) is 2.71. The summed E-state index contributed by atoms with van der Waals surface area (Å²) in [7, 11) is 0. The topological polar surface area (TPSA) is 88.4 Å². The standard InChI is InChI=1S/C25H34N4O2/c1-17(2)29-24(30)28-14-15-31-21-9-4-18-10-13-27-23(22(18)16-21)25(11-3-12-25)19-5-7-20(26)8-6-19/h4-9,16-17,23,27H,3,10-15,26H2,1-2H3,(H2,28,29,30). The van der Waals surface area contributed by atoms with Crippen LogP contribution in [0.2, 0.25) is 0 Å². The zero-order valence-electron chi connectivity index (χ0n) is 18.5. The predicted molar refractivity (Wildman–Crippen MR) is 124 cm³/mol. The summed E-state index contributed by atoms with van der Waals surface area (Å²) in [5.74, 6) is 0.852. The Morgan fingerprint density at radius 2 is 2.00 bits per heavy atom. The molecule has 1 saturated carbocycles. The van der Waals surface area contributed by atoms with Crippen LogP contribution in [0.5, 0.6) is 5.75 Å². The maximum Gasteiger partial charge on any atom is 0.315 e. The third kappa shape index (κ3) is 4.64. The van der Waals surface area contributed by atoms with E-state index in [9.17, 15) is 4.79 Å². The van der Waals surface area contributed by atoms with E-state index in [0.29, 0.717) is 13.2 Å². The van der Waals surface area contributed by atoms with Crippen molar-refractivity contribution in [3.05, 3.63) is 59.2 Å². The number of rotatable bonds is 7. The SMILES string of the molecule is CC(C)NC(=O)NCCOc1ccc2c(c1)C(C1(c3ccc(N)cc3)CCC1)NCC2. The van der Waals surface area contributed by atoms with Gasteiger partial charge < -0.3 is 26.4 Å². The van der Waals surface area contributed by atoms with Crippen molar-refractivity contribution in [3.8, 4) is 5.75 Å². The van der Waals surface area contributed by atoms with Gasteiger partial charge in [0, 0.05) is 23.2 Å². The molecule has 4 rings (SSSR count). The summed E-state index contributed by atoms with van der Waals surface area (Å²) in [5.41, 5.74) is 11.0.